The minimum Gasteiger partial charge on any atom is -0.338 e. The Kier molecular flexibility index (Phi) is 4.98. The molecule has 1 N–H and O–H groups in total. The lowest BCUT2D eigenvalue weighted by Gasteiger charge is -2.15. The number of carbonyl (C=O) groups is 1. The number of carbonyl (C=O) groups excluding carboxylic acids is 1. The van der Waals surface area contributed by atoms with Gasteiger partial charge in [0.25, 0.3) is 0 Å². The second-order valence-electron chi connectivity index (χ2n) is 3.92. The van der Waals surface area contributed by atoms with E-state index in [-0.39, 0.29) is 5.91 Å². The van der Waals surface area contributed by atoms with Gasteiger partial charge < -0.3 is 4.90 Å². The second-order valence-corrected chi connectivity index (χ2v) is 5.89. The molecule has 1 heterocycles. The van der Waals surface area contributed by atoms with Crippen LogP contribution in [0.15, 0.2) is 40.0 Å². The van der Waals surface area contributed by atoms with Crippen LogP contribution >= 0.6 is 27.7 Å². The van der Waals surface area contributed by atoms with Gasteiger partial charge in [-0.25, -0.2) is 4.98 Å². The van der Waals surface area contributed by atoms with E-state index in [1.54, 1.807) is 11.9 Å². The smallest absolute Gasteiger partial charge is 0.233 e. The summed E-state index contributed by atoms with van der Waals surface area (Å²) in [5.74, 6) is 1.15. The first-order chi connectivity index (χ1) is 9.15. The van der Waals surface area contributed by atoms with Gasteiger partial charge in [0.1, 0.15) is 12.2 Å². The summed E-state index contributed by atoms with van der Waals surface area (Å²) in [6.07, 6.45) is 1.43. The van der Waals surface area contributed by atoms with Crippen LogP contribution in [0.5, 0.6) is 0 Å². The summed E-state index contributed by atoms with van der Waals surface area (Å²) >= 11 is 4.90. The number of amides is 1. The van der Waals surface area contributed by atoms with Crippen molar-refractivity contribution in [2.24, 2.45) is 0 Å². The zero-order valence-electron chi connectivity index (χ0n) is 10.3. The molecular formula is C12H13BrN4OS. The van der Waals surface area contributed by atoms with Crippen LogP contribution in [0.1, 0.15) is 5.82 Å². The Morgan fingerprint density at radius 2 is 2.16 bits per heavy atom. The molecular weight excluding hydrogens is 328 g/mol. The van der Waals surface area contributed by atoms with E-state index >= 15 is 0 Å². The Labute approximate surface area is 123 Å². The van der Waals surface area contributed by atoms with E-state index in [2.05, 4.69) is 31.1 Å². The van der Waals surface area contributed by atoms with Crippen molar-refractivity contribution in [1.29, 1.82) is 0 Å². The van der Waals surface area contributed by atoms with Crippen molar-refractivity contribution in [1.82, 2.24) is 20.1 Å². The van der Waals surface area contributed by atoms with Gasteiger partial charge in [-0.05, 0) is 24.3 Å². The van der Waals surface area contributed by atoms with Crippen molar-refractivity contribution in [3.05, 3.63) is 40.9 Å². The van der Waals surface area contributed by atoms with Gasteiger partial charge in [0.05, 0.1) is 12.3 Å². The number of H-pyrrole nitrogens is 1. The summed E-state index contributed by atoms with van der Waals surface area (Å²) in [7, 11) is 1.76. The number of rotatable bonds is 5. The van der Waals surface area contributed by atoms with E-state index in [0.29, 0.717) is 18.1 Å². The van der Waals surface area contributed by atoms with Gasteiger partial charge in [0.15, 0.2) is 0 Å². The molecule has 0 saturated heterocycles. The number of thioether (sulfide) groups is 1. The Morgan fingerprint density at radius 1 is 1.42 bits per heavy atom. The average Bonchev–Trinajstić information content (AvgIpc) is 2.90. The number of hydrogen-bond acceptors (Lipinski definition) is 4. The van der Waals surface area contributed by atoms with Crippen LogP contribution < -0.4 is 0 Å². The maximum atomic E-state index is 11.9. The Bertz CT molecular complexity index is 529. The minimum absolute atomic E-state index is 0.0596. The summed E-state index contributed by atoms with van der Waals surface area (Å²) in [5, 5.41) is 6.49. The van der Waals surface area contributed by atoms with Gasteiger partial charge in [-0.15, -0.1) is 11.8 Å². The van der Waals surface area contributed by atoms with Crippen molar-refractivity contribution in [3.8, 4) is 0 Å². The van der Waals surface area contributed by atoms with Gasteiger partial charge >= 0.3 is 0 Å². The molecule has 1 amide bonds. The Morgan fingerprint density at radius 3 is 2.79 bits per heavy atom. The predicted molar refractivity (Wildman–Crippen MR) is 77.7 cm³/mol. The maximum absolute atomic E-state index is 11.9. The average molecular weight is 341 g/mol. The van der Waals surface area contributed by atoms with Gasteiger partial charge in [-0.1, -0.05) is 15.9 Å². The van der Waals surface area contributed by atoms with Crippen molar-refractivity contribution in [3.63, 3.8) is 0 Å². The molecule has 0 bridgehead atoms. The Hall–Kier alpha value is -1.34. The molecule has 2 aromatic rings. The number of nitrogens with zero attached hydrogens (tertiary/aromatic N) is 3. The third-order valence-electron chi connectivity index (χ3n) is 2.45. The molecule has 100 valence electrons. The summed E-state index contributed by atoms with van der Waals surface area (Å²) < 4.78 is 1.03. The highest BCUT2D eigenvalue weighted by Crippen LogP contribution is 2.20. The molecule has 0 saturated carbocycles. The number of aromatic nitrogens is 3. The molecule has 0 unspecified atom stereocenters. The van der Waals surface area contributed by atoms with Gasteiger partial charge in [0.2, 0.25) is 5.91 Å². The highest BCUT2D eigenvalue weighted by Gasteiger charge is 2.11. The Balaban J connectivity index is 1.82. The quantitative estimate of drug-likeness (QED) is 0.848. The minimum atomic E-state index is 0.0596. The summed E-state index contributed by atoms with van der Waals surface area (Å²) in [6.45, 7) is 0.444. The molecule has 0 aliphatic rings. The third-order valence-corrected chi connectivity index (χ3v) is 3.98. The molecule has 7 heteroatoms. The fourth-order valence-corrected chi connectivity index (χ4v) is 2.51. The molecule has 0 fully saturated rings. The first kappa shape index (κ1) is 14.1. The van der Waals surface area contributed by atoms with Gasteiger partial charge in [-0.3, -0.25) is 9.89 Å². The SMILES string of the molecule is CN(Cc1ncn[nH]1)C(=O)CSc1ccc(Br)cc1. The molecule has 2 rings (SSSR count). The third kappa shape index (κ3) is 4.36. The zero-order chi connectivity index (χ0) is 13.7. The summed E-state index contributed by atoms with van der Waals surface area (Å²) in [6, 6.07) is 7.90. The van der Waals surface area contributed by atoms with Crippen LogP contribution in [0.3, 0.4) is 0 Å². The van der Waals surface area contributed by atoms with Crippen LogP contribution in [0.25, 0.3) is 0 Å². The van der Waals surface area contributed by atoms with Crippen LogP contribution in [0.4, 0.5) is 0 Å². The lowest BCUT2D eigenvalue weighted by Crippen LogP contribution is -2.28. The van der Waals surface area contributed by atoms with Crippen LogP contribution in [0.2, 0.25) is 0 Å². The highest BCUT2D eigenvalue weighted by molar-refractivity contribution is 9.10. The fourth-order valence-electron chi connectivity index (χ4n) is 1.41. The lowest BCUT2D eigenvalue weighted by atomic mass is 10.4. The van der Waals surface area contributed by atoms with E-state index in [1.165, 1.54) is 18.1 Å². The number of hydrogen-bond donors (Lipinski definition) is 1. The van der Waals surface area contributed by atoms with Crippen LogP contribution in [-0.2, 0) is 11.3 Å². The van der Waals surface area contributed by atoms with Crippen molar-refractivity contribution >= 4 is 33.6 Å². The van der Waals surface area contributed by atoms with Crippen LogP contribution in [0, 0.1) is 0 Å². The second kappa shape index (κ2) is 6.72. The standard InChI is InChI=1S/C12H13BrN4OS/c1-17(6-11-14-8-15-16-11)12(18)7-19-10-4-2-9(13)3-5-10/h2-5,8H,6-7H2,1H3,(H,14,15,16). The predicted octanol–water partition coefficient (Wildman–Crippen LogP) is 2.32. The molecule has 1 aromatic carbocycles. The van der Waals surface area contributed by atoms with E-state index in [0.717, 1.165) is 9.37 Å². The van der Waals surface area contributed by atoms with E-state index < -0.39 is 0 Å². The molecule has 0 aliphatic heterocycles. The molecule has 0 spiro atoms. The van der Waals surface area contributed by atoms with Crippen molar-refractivity contribution in [2.45, 2.75) is 11.4 Å². The van der Waals surface area contributed by atoms with Crippen LogP contribution in [-0.4, -0.2) is 38.8 Å². The van der Waals surface area contributed by atoms with Gasteiger partial charge in [0, 0.05) is 16.4 Å². The normalized spacial score (nSPS) is 10.4. The van der Waals surface area contributed by atoms with E-state index in [9.17, 15) is 4.79 Å². The van der Waals surface area contributed by atoms with E-state index in [1.807, 2.05) is 24.3 Å². The maximum Gasteiger partial charge on any atom is 0.233 e. The number of aromatic amines is 1. The lowest BCUT2D eigenvalue weighted by molar-refractivity contribution is -0.127. The van der Waals surface area contributed by atoms with Crippen molar-refractivity contribution in [2.75, 3.05) is 12.8 Å². The zero-order valence-corrected chi connectivity index (χ0v) is 12.7. The van der Waals surface area contributed by atoms with Crippen molar-refractivity contribution < 1.29 is 4.79 Å². The monoisotopic (exact) mass is 340 g/mol. The fraction of sp³-hybridized carbons (Fsp3) is 0.250. The first-order valence-corrected chi connectivity index (χ1v) is 7.39. The van der Waals surface area contributed by atoms with E-state index in [4.69, 9.17) is 0 Å². The largest absolute Gasteiger partial charge is 0.338 e. The molecule has 1 aromatic heterocycles. The summed E-state index contributed by atoms with van der Waals surface area (Å²) in [5.41, 5.74) is 0. The molecule has 0 aliphatic carbocycles. The molecule has 0 radical (unpaired) electrons. The van der Waals surface area contributed by atoms with Gasteiger partial charge in [-0.2, -0.15) is 5.10 Å². The number of halogens is 1. The highest BCUT2D eigenvalue weighted by atomic mass is 79.9. The number of nitrogens with one attached hydrogen (secondary N) is 1. The molecule has 19 heavy (non-hydrogen) atoms. The summed E-state index contributed by atoms with van der Waals surface area (Å²) in [4.78, 5) is 18.6. The first-order valence-electron chi connectivity index (χ1n) is 5.62. The molecule has 0 atom stereocenters. The molecule has 5 nitrogen and oxygen atoms in total. The number of benzene rings is 1. The topological polar surface area (TPSA) is 61.9 Å².